The van der Waals surface area contributed by atoms with Crippen LogP contribution in [-0.4, -0.2) is 25.0 Å². The molecule has 0 fully saturated rings. The Labute approximate surface area is 160 Å². The molecule has 27 heavy (non-hydrogen) atoms. The molecule has 0 bridgehead atoms. The van der Waals surface area contributed by atoms with Crippen molar-refractivity contribution in [1.29, 1.82) is 0 Å². The predicted octanol–water partition coefficient (Wildman–Crippen LogP) is 3.95. The minimum Gasteiger partial charge on any atom is -0.483 e. The molecule has 0 unspecified atom stereocenters. The molecule has 2 amide bonds. The second-order valence-corrected chi connectivity index (χ2v) is 7.19. The van der Waals surface area contributed by atoms with Crippen molar-refractivity contribution in [3.05, 3.63) is 53.6 Å². The Kier molecular flexibility index (Phi) is 5.79. The fourth-order valence-corrected chi connectivity index (χ4v) is 3.25. The van der Waals surface area contributed by atoms with Crippen molar-refractivity contribution in [3.63, 3.8) is 0 Å². The number of hydrogen-bond donors (Lipinski definition) is 1. The molecule has 1 N–H and O–H groups in total. The number of anilines is 2. The highest BCUT2D eigenvalue weighted by Gasteiger charge is 2.24. The summed E-state index contributed by atoms with van der Waals surface area (Å²) in [5, 5.41) is 2.87. The van der Waals surface area contributed by atoms with Crippen LogP contribution in [0.5, 0.6) is 5.75 Å². The van der Waals surface area contributed by atoms with Gasteiger partial charge in [-0.25, -0.2) is 0 Å². The third-order valence-electron chi connectivity index (χ3n) is 4.70. The van der Waals surface area contributed by atoms with E-state index in [1.54, 1.807) is 0 Å². The first kappa shape index (κ1) is 19.0. The van der Waals surface area contributed by atoms with Crippen LogP contribution in [0, 0.1) is 12.8 Å². The van der Waals surface area contributed by atoms with Crippen LogP contribution in [0.1, 0.15) is 31.4 Å². The summed E-state index contributed by atoms with van der Waals surface area (Å²) in [6.45, 7) is 6.42. The largest absolute Gasteiger partial charge is 0.483 e. The molecule has 0 spiro atoms. The molecule has 0 saturated carbocycles. The number of fused-ring (bicyclic) bond motifs is 1. The average molecular weight is 366 g/mol. The summed E-state index contributed by atoms with van der Waals surface area (Å²) in [6, 6.07) is 13.4. The highest BCUT2D eigenvalue weighted by atomic mass is 16.5. The van der Waals surface area contributed by atoms with E-state index in [1.165, 1.54) is 0 Å². The van der Waals surface area contributed by atoms with Crippen LogP contribution in [-0.2, 0) is 16.0 Å². The van der Waals surface area contributed by atoms with E-state index in [-0.39, 0.29) is 24.3 Å². The average Bonchev–Trinajstić information content (AvgIpc) is 2.66. The summed E-state index contributed by atoms with van der Waals surface area (Å²) in [6.07, 6.45) is 1.91. The fourth-order valence-electron chi connectivity index (χ4n) is 3.25. The molecule has 1 heterocycles. The summed E-state index contributed by atoms with van der Waals surface area (Å²) in [4.78, 5) is 26.6. The molecule has 0 aliphatic carbocycles. The van der Waals surface area contributed by atoms with Crippen LogP contribution in [0.15, 0.2) is 42.5 Å². The van der Waals surface area contributed by atoms with Crippen LogP contribution in [0.3, 0.4) is 0 Å². The van der Waals surface area contributed by atoms with Gasteiger partial charge in [0, 0.05) is 23.8 Å². The van der Waals surface area contributed by atoms with E-state index in [2.05, 4.69) is 5.32 Å². The van der Waals surface area contributed by atoms with E-state index in [0.717, 1.165) is 36.2 Å². The molecule has 2 aromatic carbocycles. The number of para-hydroxylation sites is 1. The van der Waals surface area contributed by atoms with Crippen LogP contribution < -0.4 is 15.0 Å². The Balaban J connectivity index is 1.69. The van der Waals surface area contributed by atoms with Gasteiger partial charge in [-0.3, -0.25) is 9.59 Å². The van der Waals surface area contributed by atoms with Crippen molar-refractivity contribution in [3.8, 4) is 5.75 Å². The lowest BCUT2D eigenvalue weighted by Gasteiger charge is -2.31. The molecule has 1 aliphatic heterocycles. The lowest BCUT2D eigenvalue weighted by Crippen LogP contribution is -2.38. The van der Waals surface area contributed by atoms with Crippen molar-refractivity contribution >= 4 is 23.2 Å². The van der Waals surface area contributed by atoms with Gasteiger partial charge in [0.15, 0.2) is 6.61 Å². The van der Waals surface area contributed by atoms with Gasteiger partial charge in [-0.2, -0.15) is 0 Å². The third-order valence-corrected chi connectivity index (χ3v) is 4.70. The third kappa shape index (κ3) is 4.48. The predicted molar refractivity (Wildman–Crippen MR) is 107 cm³/mol. The van der Waals surface area contributed by atoms with Crippen molar-refractivity contribution in [2.24, 2.45) is 5.92 Å². The Morgan fingerprint density at radius 1 is 1.19 bits per heavy atom. The maximum absolute atomic E-state index is 12.5. The van der Waals surface area contributed by atoms with E-state index >= 15 is 0 Å². The van der Waals surface area contributed by atoms with Gasteiger partial charge in [0.2, 0.25) is 5.91 Å². The molecule has 1 aliphatic rings. The molecule has 5 heteroatoms. The summed E-state index contributed by atoms with van der Waals surface area (Å²) < 4.78 is 5.60. The minimum atomic E-state index is -0.226. The zero-order valence-corrected chi connectivity index (χ0v) is 16.1. The molecule has 5 nitrogen and oxygen atoms in total. The van der Waals surface area contributed by atoms with E-state index in [1.807, 2.05) is 68.1 Å². The van der Waals surface area contributed by atoms with Crippen LogP contribution in [0.25, 0.3) is 0 Å². The molecule has 0 atom stereocenters. The van der Waals surface area contributed by atoms with Crippen LogP contribution >= 0.6 is 0 Å². The first-order chi connectivity index (χ1) is 13.0. The van der Waals surface area contributed by atoms with Crippen LogP contribution in [0.4, 0.5) is 11.4 Å². The Bertz CT molecular complexity index is 845. The van der Waals surface area contributed by atoms with E-state index in [0.29, 0.717) is 11.4 Å². The number of ether oxygens (including phenoxy) is 1. The van der Waals surface area contributed by atoms with Crippen molar-refractivity contribution in [2.45, 2.75) is 33.6 Å². The molecular formula is C22H26N2O3. The number of benzene rings is 2. The molecule has 0 radical (unpaired) electrons. The van der Waals surface area contributed by atoms with Gasteiger partial charge in [-0.15, -0.1) is 0 Å². The maximum atomic E-state index is 12.5. The fraction of sp³-hybridized carbons (Fsp3) is 0.364. The number of nitrogens with one attached hydrogen (secondary N) is 1. The monoisotopic (exact) mass is 366 g/mol. The smallest absolute Gasteiger partial charge is 0.262 e. The van der Waals surface area contributed by atoms with Gasteiger partial charge in [0.1, 0.15) is 5.75 Å². The van der Waals surface area contributed by atoms with Gasteiger partial charge in [-0.05, 0) is 49.1 Å². The molecule has 2 aromatic rings. The second kappa shape index (κ2) is 8.25. The summed E-state index contributed by atoms with van der Waals surface area (Å²) >= 11 is 0. The topological polar surface area (TPSA) is 58.6 Å². The molecule has 3 rings (SSSR count). The van der Waals surface area contributed by atoms with Gasteiger partial charge < -0.3 is 15.0 Å². The Hall–Kier alpha value is -2.82. The molecule has 0 aromatic heterocycles. The van der Waals surface area contributed by atoms with Crippen molar-refractivity contribution < 1.29 is 14.3 Å². The van der Waals surface area contributed by atoms with E-state index in [4.69, 9.17) is 4.74 Å². The number of amides is 2. The summed E-state index contributed by atoms with van der Waals surface area (Å²) in [5.74, 6) is 0.529. The lowest BCUT2D eigenvalue weighted by molar-refractivity contribution is -0.121. The Morgan fingerprint density at radius 2 is 1.96 bits per heavy atom. The van der Waals surface area contributed by atoms with Crippen molar-refractivity contribution in [1.82, 2.24) is 0 Å². The zero-order chi connectivity index (χ0) is 19.4. The number of hydrogen-bond acceptors (Lipinski definition) is 3. The first-order valence-electron chi connectivity index (χ1n) is 9.38. The quantitative estimate of drug-likeness (QED) is 0.872. The number of aryl methyl sites for hydroxylation is 2. The van der Waals surface area contributed by atoms with E-state index < -0.39 is 0 Å². The van der Waals surface area contributed by atoms with E-state index in [9.17, 15) is 9.59 Å². The van der Waals surface area contributed by atoms with Gasteiger partial charge in [-0.1, -0.05) is 38.1 Å². The number of carbonyl (C=O) groups is 2. The summed E-state index contributed by atoms with van der Waals surface area (Å²) in [5.41, 5.74) is 3.71. The highest BCUT2D eigenvalue weighted by molar-refractivity contribution is 5.98. The lowest BCUT2D eigenvalue weighted by atomic mass is 9.99. The number of rotatable bonds is 5. The SMILES string of the molecule is Cc1ccccc1OCC(=O)Nc1ccc2c(c1)N(C(=O)C(C)C)CCC2. The van der Waals surface area contributed by atoms with Gasteiger partial charge >= 0.3 is 0 Å². The molecular weight excluding hydrogens is 340 g/mol. The molecule has 0 saturated heterocycles. The highest BCUT2D eigenvalue weighted by Crippen LogP contribution is 2.31. The number of carbonyl (C=O) groups excluding carboxylic acids is 2. The normalized spacial score (nSPS) is 13.3. The van der Waals surface area contributed by atoms with Gasteiger partial charge in [0.25, 0.3) is 5.91 Å². The first-order valence-corrected chi connectivity index (χ1v) is 9.38. The van der Waals surface area contributed by atoms with Gasteiger partial charge in [0.05, 0.1) is 0 Å². The zero-order valence-electron chi connectivity index (χ0n) is 16.1. The maximum Gasteiger partial charge on any atom is 0.262 e. The van der Waals surface area contributed by atoms with Crippen molar-refractivity contribution in [2.75, 3.05) is 23.4 Å². The minimum absolute atomic E-state index is 0.0586. The second-order valence-electron chi connectivity index (χ2n) is 7.19. The summed E-state index contributed by atoms with van der Waals surface area (Å²) in [7, 11) is 0. The molecule has 142 valence electrons. The standard InChI is InChI=1S/C22H26N2O3/c1-15(2)22(26)24-12-6-8-17-10-11-18(13-19(17)24)23-21(25)14-27-20-9-5-4-7-16(20)3/h4-5,7,9-11,13,15H,6,8,12,14H2,1-3H3,(H,23,25). The Morgan fingerprint density at radius 3 is 2.70 bits per heavy atom. The van der Waals surface area contributed by atoms with Crippen LogP contribution in [0.2, 0.25) is 0 Å². The number of nitrogens with zero attached hydrogens (tertiary/aromatic N) is 1.